The molecule has 3 heterocycles. The van der Waals surface area contributed by atoms with Crippen molar-refractivity contribution in [2.24, 2.45) is 0 Å². The zero-order chi connectivity index (χ0) is 25.3. The average Bonchev–Trinajstić information content (AvgIpc) is 3.09. The highest BCUT2D eigenvalue weighted by molar-refractivity contribution is 7.90. The minimum atomic E-state index is -4.47. The first-order valence-corrected chi connectivity index (χ1v) is 11.5. The first kappa shape index (κ1) is 25.1. The van der Waals surface area contributed by atoms with Crippen molar-refractivity contribution in [1.29, 1.82) is 0 Å². The quantitative estimate of drug-likeness (QED) is 0.480. The standard InChI is InChI=1S/C22H24F2N4O5S/c1-22(2,3)33-21(29)27(4)12-14-13-28(19(18(14)23)16-7-6-10-25-20(16)24)34(30,31)17-9-8-15(32-5)11-26-17/h6-11,13H,12H2,1-5H3. The number of nitrogens with zero attached hydrogens (tertiary/aromatic N) is 4. The normalized spacial score (nSPS) is 11.9. The molecule has 0 fully saturated rings. The first-order valence-electron chi connectivity index (χ1n) is 10.1. The molecule has 1 amide bonds. The average molecular weight is 495 g/mol. The number of carbonyl (C=O) groups is 1. The molecular weight excluding hydrogens is 470 g/mol. The van der Waals surface area contributed by atoms with E-state index in [2.05, 4.69) is 9.97 Å². The van der Waals surface area contributed by atoms with Gasteiger partial charge in [-0.1, -0.05) is 0 Å². The third kappa shape index (κ3) is 5.16. The monoisotopic (exact) mass is 494 g/mol. The Bertz CT molecular complexity index is 1300. The Morgan fingerprint density at radius 3 is 2.44 bits per heavy atom. The first-order chi connectivity index (χ1) is 15.8. The molecule has 3 rings (SSSR count). The van der Waals surface area contributed by atoms with Gasteiger partial charge in [0.15, 0.2) is 10.8 Å². The van der Waals surface area contributed by atoms with E-state index < -0.39 is 44.2 Å². The van der Waals surface area contributed by atoms with Crippen molar-refractivity contribution in [1.82, 2.24) is 18.8 Å². The lowest BCUT2D eigenvalue weighted by atomic mass is 10.1. The van der Waals surface area contributed by atoms with E-state index in [-0.39, 0.29) is 17.7 Å². The summed E-state index contributed by atoms with van der Waals surface area (Å²) in [6, 6.07) is 5.11. The molecule has 3 aromatic heterocycles. The maximum atomic E-state index is 15.6. The molecule has 0 spiro atoms. The topological polar surface area (TPSA) is 104 Å². The van der Waals surface area contributed by atoms with Gasteiger partial charge in [-0.25, -0.2) is 23.1 Å². The van der Waals surface area contributed by atoms with E-state index >= 15 is 4.39 Å². The number of pyridine rings is 2. The van der Waals surface area contributed by atoms with Crippen LogP contribution in [0.5, 0.6) is 5.75 Å². The third-order valence-corrected chi connectivity index (χ3v) is 6.15. The van der Waals surface area contributed by atoms with Crippen LogP contribution in [-0.2, 0) is 21.3 Å². The zero-order valence-corrected chi connectivity index (χ0v) is 20.1. The highest BCUT2D eigenvalue weighted by atomic mass is 32.2. The highest BCUT2D eigenvalue weighted by Crippen LogP contribution is 2.32. The number of amides is 1. The molecule has 12 heteroatoms. The van der Waals surface area contributed by atoms with E-state index in [0.29, 0.717) is 9.72 Å². The van der Waals surface area contributed by atoms with Crippen LogP contribution in [0.4, 0.5) is 13.6 Å². The molecule has 0 unspecified atom stereocenters. The molecule has 0 saturated heterocycles. The number of hydrogen-bond acceptors (Lipinski definition) is 7. The Hall–Kier alpha value is -3.54. The fraction of sp³-hybridized carbons (Fsp3) is 0.318. The Balaban J connectivity index is 2.13. The van der Waals surface area contributed by atoms with Gasteiger partial charge in [0, 0.05) is 25.0 Å². The lowest BCUT2D eigenvalue weighted by Gasteiger charge is -2.24. The van der Waals surface area contributed by atoms with Gasteiger partial charge in [-0.15, -0.1) is 0 Å². The van der Waals surface area contributed by atoms with Crippen LogP contribution >= 0.6 is 0 Å². The SMILES string of the molecule is COc1ccc(S(=O)(=O)n2cc(CN(C)C(=O)OC(C)(C)C)c(F)c2-c2cccnc2F)nc1. The molecular formula is C22H24F2N4O5S. The lowest BCUT2D eigenvalue weighted by molar-refractivity contribution is 0.0284. The molecule has 0 aromatic carbocycles. The summed E-state index contributed by atoms with van der Waals surface area (Å²) in [4.78, 5) is 20.8. The van der Waals surface area contributed by atoms with Crippen LogP contribution in [0.2, 0.25) is 0 Å². The molecule has 9 nitrogen and oxygen atoms in total. The van der Waals surface area contributed by atoms with Crippen LogP contribution in [0.3, 0.4) is 0 Å². The van der Waals surface area contributed by atoms with E-state index in [1.54, 1.807) is 20.8 Å². The second-order valence-electron chi connectivity index (χ2n) is 8.33. The lowest BCUT2D eigenvalue weighted by Crippen LogP contribution is -2.33. The summed E-state index contributed by atoms with van der Waals surface area (Å²) < 4.78 is 67.6. The summed E-state index contributed by atoms with van der Waals surface area (Å²) in [5.74, 6) is -1.78. The minimum absolute atomic E-state index is 0.177. The minimum Gasteiger partial charge on any atom is -0.495 e. The molecule has 3 aromatic rings. The smallest absolute Gasteiger partial charge is 0.410 e. The second-order valence-corrected chi connectivity index (χ2v) is 10.1. The fourth-order valence-electron chi connectivity index (χ4n) is 3.01. The van der Waals surface area contributed by atoms with Crippen LogP contribution < -0.4 is 4.74 Å². The second kappa shape index (κ2) is 9.37. The van der Waals surface area contributed by atoms with Gasteiger partial charge in [0.1, 0.15) is 17.0 Å². The number of ether oxygens (including phenoxy) is 2. The maximum absolute atomic E-state index is 15.6. The van der Waals surface area contributed by atoms with Gasteiger partial charge in [-0.2, -0.15) is 12.8 Å². The fourth-order valence-corrected chi connectivity index (χ4v) is 4.32. The highest BCUT2D eigenvalue weighted by Gasteiger charge is 2.30. The molecule has 0 aliphatic rings. The Morgan fingerprint density at radius 1 is 1.18 bits per heavy atom. The predicted molar refractivity (Wildman–Crippen MR) is 119 cm³/mol. The van der Waals surface area contributed by atoms with Crippen LogP contribution in [0, 0.1) is 11.8 Å². The van der Waals surface area contributed by atoms with E-state index in [9.17, 15) is 17.6 Å². The van der Waals surface area contributed by atoms with E-state index in [4.69, 9.17) is 9.47 Å². The number of rotatable bonds is 6. The number of methoxy groups -OCH3 is 1. The molecule has 0 saturated carbocycles. The zero-order valence-electron chi connectivity index (χ0n) is 19.2. The van der Waals surface area contributed by atoms with Crippen molar-refractivity contribution in [3.8, 4) is 17.0 Å². The molecule has 0 N–H and O–H groups in total. The summed E-state index contributed by atoms with van der Waals surface area (Å²) in [5.41, 5.74) is -1.91. The number of halogens is 2. The third-order valence-electron chi connectivity index (χ3n) is 4.58. The largest absolute Gasteiger partial charge is 0.495 e. The number of aromatic nitrogens is 3. The van der Waals surface area contributed by atoms with Crippen molar-refractivity contribution in [3.63, 3.8) is 0 Å². The van der Waals surface area contributed by atoms with Crippen molar-refractivity contribution >= 4 is 16.1 Å². The Labute approximate surface area is 196 Å². The summed E-state index contributed by atoms with van der Waals surface area (Å²) in [6.07, 6.45) is 2.59. The summed E-state index contributed by atoms with van der Waals surface area (Å²) >= 11 is 0. The summed E-state index contributed by atoms with van der Waals surface area (Å²) in [5, 5.41) is -0.416. The molecule has 0 bridgehead atoms. The van der Waals surface area contributed by atoms with Crippen LogP contribution in [-0.4, -0.2) is 53.1 Å². The number of hydrogen-bond donors (Lipinski definition) is 0. The summed E-state index contributed by atoms with van der Waals surface area (Å²) in [7, 11) is -1.70. The van der Waals surface area contributed by atoms with Crippen molar-refractivity contribution in [3.05, 3.63) is 60.2 Å². The summed E-state index contributed by atoms with van der Waals surface area (Å²) in [6.45, 7) is 4.68. The Kier molecular flexibility index (Phi) is 6.92. The van der Waals surface area contributed by atoms with E-state index in [1.165, 1.54) is 44.6 Å². The van der Waals surface area contributed by atoms with Gasteiger partial charge < -0.3 is 14.4 Å². The molecule has 182 valence electrons. The van der Waals surface area contributed by atoms with Gasteiger partial charge in [0.05, 0.1) is 25.4 Å². The van der Waals surface area contributed by atoms with Gasteiger partial charge in [-0.05, 0) is 45.0 Å². The van der Waals surface area contributed by atoms with Crippen molar-refractivity contribution < 1.29 is 31.5 Å². The number of carbonyl (C=O) groups excluding carboxylic acids is 1. The molecule has 0 atom stereocenters. The molecule has 0 radical (unpaired) electrons. The van der Waals surface area contributed by atoms with Crippen LogP contribution in [0.25, 0.3) is 11.3 Å². The van der Waals surface area contributed by atoms with Gasteiger partial charge in [0.2, 0.25) is 5.95 Å². The van der Waals surface area contributed by atoms with Crippen LogP contribution in [0.1, 0.15) is 26.3 Å². The maximum Gasteiger partial charge on any atom is 0.410 e. The van der Waals surface area contributed by atoms with Crippen molar-refractivity contribution in [2.45, 2.75) is 37.9 Å². The van der Waals surface area contributed by atoms with Gasteiger partial charge in [-0.3, -0.25) is 0 Å². The van der Waals surface area contributed by atoms with E-state index in [1.807, 2.05) is 0 Å². The molecule has 0 aliphatic heterocycles. The van der Waals surface area contributed by atoms with Crippen LogP contribution in [0.15, 0.2) is 47.9 Å². The molecule has 0 aliphatic carbocycles. The van der Waals surface area contributed by atoms with Crippen molar-refractivity contribution in [2.75, 3.05) is 14.2 Å². The van der Waals surface area contributed by atoms with E-state index in [0.717, 1.165) is 17.3 Å². The predicted octanol–water partition coefficient (Wildman–Crippen LogP) is 3.84. The van der Waals surface area contributed by atoms with Gasteiger partial charge in [0.25, 0.3) is 10.0 Å². The molecule has 34 heavy (non-hydrogen) atoms. The van der Waals surface area contributed by atoms with Gasteiger partial charge >= 0.3 is 6.09 Å². The Morgan fingerprint density at radius 2 is 1.88 bits per heavy atom.